The normalized spacial score (nSPS) is 19.8. The van der Waals surface area contributed by atoms with Crippen LogP contribution >= 0.6 is 0 Å². The monoisotopic (exact) mass is 281 g/mol. The number of rotatable bonds is 5. The number of morpholine rings is 1. The van der Waals surface area contributed by atoms with Gasteiger partial charge in [0.2, 0.25) is 0 Å². The van der Waals surface area contributed by atoms with E-state index in [4.69, 9.17) is 4.74 Å². The van der Waals surface area contributed by atoms with Gasteiger partial charge in [0.05, 0.1) is 30.8 Å². The molecule has 0 saturated carbocycles. The van der Waals surface area contributed by atoms with E-state index in [1.54, 1.807) is 19.2 Å². The highest BCUT2D eigenvalue weighted by atomic mass is 16.6. The van der Waals surface area contributed by atoms with Crippen molar-refractivity contribution in [3.63, 3.8) is 0 Å². The van der Waals surface area contributed by atoms with Crippen molar-refractivity contribution in [3.8, 4) is 0 Å². The number of aliphatic hydroxyl groups is 1. The summed E-state index contributed by atoms with van der Waals surface area (Å²) in [6.45, 7) is 2.42. The van der Waals surface area contributed by atoms with Crippen molar-refractivity contribution in [1.29, 1.82) is 0 Å². The minimum Gasteiger partial charge on any atom is -0.395 e. The van der Waals surface area contributed by atoms with E-state index < -0.39 is 4.92 Å². The van der Waals surface area contributed by atoms with Gasteiger partial charge in [-0.15, -0.1) is 0 Å². The first-order chi connectivity index (χ1) is 9.65. The second-order valence-corrected chi connectivity index (χ2v) is 4.74. The van der Waals surface area contributed by atoms with Crippen LogP contribution in [0, 0.1) is 10.1 Å². The molecule has 0 aromatic heterocycles. The molecule has 1 aliphatic rings. The number of nitrogens with zero attached hydrogens (tertiary/aromatic N) is 2. The Hall–Kier alpha value is -1.70. The maximum atomic E-state index is 11.0. The summed E-state index contributed by atoms with van der Waals surface area (Å²) in [5, 5.41) is 23.2. The number of nitrogens with one attached hydrogen (secondary N) is 1. The number of aliphatic hydroxyl groups excluding tert-OH is 1. The Balaban J connectivity index is 2.16. The van der Waals surface area contributed by atoms with Gasteiger partial charge in [-0.3, -0.25) is 15.0 Å². The third-order valence-electron chi connectivity index (χ3n) is 3.47. The molecule has 1 heterocycles. The fourth-order valence-electron chi connectivity index (χ4n) is 2.34. The summed E-state index contributed by atoms with van der Waals surface area (Å²) in [5.74, 6) is 0. The van der Waals surface area contributed by atoms with Gasteiger partial charge in [0, 0.05) is 26.2 Å². The number of benzene rings is 1. The highest BCUT2D eigenvalue weighted by Crippen LogP contribution is 2.26. The number of anilines is 1. The van der Waals surface area contributed by atoms with Gasteiger partial charge in [-0.1, -0.05) is 6.07 Å². The van der Waals surface area contributed by atoms with Crippen LogP contribution in [-0.2, 0) is 11.3 Å². The van der Waals surface area contributed by atoms with Crippen LogP contribution in [0.1, 0.15) is 5.56 Å². The smallest absolute Gasteiger partial charge is 0.292 e. The van der Waals surface area contributed by atoms with Crippen molar-refractivity contribution in [2.45, 2.75) is 12.6 Å². The van der Waals surface area contributed by atoms with Gasteiger partial charge in [0.1, 0.15) is 5.69 Å². The second-order valence-electron chi connectivity index (χ2n) is 4.74. The summed E-state index contributed by atoms with van der Waals surface area (Å²) in [6, 6.07) is 5.10. The molecule has 0 spiro atoms. The molecule has 0 bridgehead atoms. The summed E-state index contributed by atoms with van der Waals surface area (Å²) < 4.78 is 5.32. The largest absolute Gasteiger partial charge is 0.395 e. The molecule has 1 aliphatic heterocycles. The van der Waals surface area contributed by atoms with Gasteiger partial charge in [0.15, 0.2) is 0 Å². The van der Waals surface area contributed by atoms with Crippen LogP contribution in [0.15, 0.2) is 18.2 Å². The Kier molecular flexibility index (Phi) is 4.89. The van der Waals surface area contributed by atoms with Crippen LogP contribution in [0.25, 0.3) is 0 Å². The van der Waals surface area contributed by atoms with Gasteiger partial charge in [-0.25, -0.2) is 0 Å². The Morgan fingerprint density at radius 2 is 2.40 bits per heavy atom. The number of nitro groups is 1. The summed E-state index contributed by atoms with van der Waals surface area (Å²) >= 11 is 0. The number of hydrogen-bond acceptors (Lipinski definition) is 6. The van der Waals surface area contributed by atoms with Crippen molar-refractivity contribution >= 4 is 11.4 Å². The molecule has 0 amide bonds. The molecule has 20 heavy (non-hydrogen) atoms. The molecule has 2 rings (SSSR count). The van der Waals surface area contributed by atoms with Crippen LogP contribution < -0.4 is 5.32 Å². The molecule has 7 nitrogen and oxygen atoms in total. The SMILES string of the molecule is CNc1ccc(CN2CCOCC2CO)cc1[N+](=O)[O-]. The lowest BCUT2D eigenvalue weighted by Crippen LogP contribution is -2.46. The molecular formula is C13H19N3O4. The fourth-order valence-corrected chi connectivity index (χ4v) is 2.34. The summed E-state index contributed by atoms with van der Waals surface area (Å²) in [4.78, 5) is 12.7. The first-order valence-electron chi connectivity index (χ1n) is 6.53. The molecule has 110 valence electrons. The van der Waals surface area contributed by atoms with E-state index in [9.17, 15) is 15.2 Å². The summed E-state index contributed by atoms with van der Waals surface area (Å²) in [6.07, 6.45) is 0. The molecular weight excluding hydrogens is 262 g/mol. The van der Waals surface area contributed by atoms with Crippen molar-refractivity contribution in [2.75, 3.05) is 38.7 Å². The lowest BCUT2D eigenvalue weighted by Gasteiger charge is -2.34. The Morgan fingerprint density at radius 1 is 1.60 bits per heavy atom. The van der Waals surface area contributed by atoms with Gasteiger partial charge in [-0.2, -0.15) is 0 Å². The van der Waals surface area contributed by atoms with E-state index in [-0.39, 0.29) is 18.3 Å². The average molecular weight is 281 g/mol. The summed E-state index contributed by atoms with van der Waals surface area (Å²) in [5.41, 5.74) is 1.43. The lowest BCUT2D eigenvalue weighted by atomic mass is 10.1. The van der Waals surface area contributed by atoms with Crippen LogP contribution in [0.4, 0.5) is 11.4 Å². The molecule has 1 aromatic carbocycles. The predicted molar refractivity (Wildman–Crippen MR) is 74.7 cm³/mol. The van der Waals surface area contributed by atoms with Crippen LogP contribution in [0.2, 0.25) is 0 Å². The maximum absolute atomic E-state index is 11.0. The standard InChI is InChI=1S/C13H19N3O4/c1-14-12-3-2-10(6-13(12)16(18)19)7-15-4-5-20-9-11(15)8-17/h2-3,6,11,14,17H,4-5,7-9H2,1H3. The number of hydrogen-bond donors (Lipinski definition) is 2. The van der Waals surface area contributed by atoms with E-state index in [0.29, 0.717) is 32.0 Å². The van der Waals surface area contributed by atoms with Crippen LogP contribution in [0.5, 0.6) is 0 Å². The van der Waals surface area contributed by atoms with Crippen molar-refractivity contribution in [2.24, 2.45) is 0 Å². The minimum absolute atomic E-state index is 0.0245. The van der Waals surface area contributed by atoms with Crippen LogP contribution in [0.3, 0.4) is 0 Å². The lowest BCUT2D eigenvalue weighted by molar-refractivity contribution is -0.384. The van der Waals surface area contributed by atoms with Crippen LogP contribution in [-0.4, -0.2) is 54.4 Å². The number of nitro benzene ring substituents is 1. The quantitative estimate of drug-likeness (QED) is 0.614. The van der Waals surface area contributed by atoms with E-state index >= 15 is 0 Å². The van der Waals surface area contributed by atoms with Crippen molar-refractivity contribution in [3.05, 3.63) is 33.9 Å². The molecule has 7 heteroatoms. The first kappa shape index (κ1) is 14.7. The van der Waals surface area contributed by atoms with Crippen molar-refractivity contribution in [1.82, 2.24) is 4.90 Å². The third-order valence-corrected chi connectivity index (χ3v) is 3.47. The zero-order valence-corrected chi connectivity index (χ0v) is 11.4. The highest BCUT2D eigenvalue weighted by Gasteiger charge is 2.23. The predicted octanol–water partition coefficient (Wildman–Crippen LogP) is 0.830. The molecule has 1 saturated heterocycles. The Labute approximate surface area is 117 Å². The zero-order chi connectivity index (χ0) is 14.5. The second kappa shape index (κ2) is 6.65. The average Bonchev–Trinajstić information content (AvgIpc) is 2.47. The molecule has 1 fully saturated rings. The minimum atomic E-state index is -0.391. The fraction of sp³-hybridized carbons (Fsp3) is 0.538. The third kappa shape index (κ3) is 3.24. The number of ether oxygens (including phenoxy) is 1. The molecule has 2 N–H and O–H groups in total. The Morgan fingerprint density at radius 3 is 3.05 bits per heavy atom. The molecule has 1 unspecified atom stereocenters. The Bertz CT molecular complexity index is 481. The highest BCUT2D eigenvalue weighted by molar-refractivity contribution is 5.62. The topological polar surface area (TPSA) is 87.9 Å². The van der Waals surface area contributed by atoms with Gasteiger partial charge in [0.25, 0.3) is 5.69 Å². The van der Waals surface area contributed by atoms with Gasteiger partial charge >= 0.3 is 0 Å². The van der Waals surface area contributed by atoms with Gasteiger partial charge < -0.3 is 15.2 Å². The molecule has 1 atom stereocenters. The van der Waals surface area contributed by atoms with E-state index in [0.717, 1.165) is 5.56 Å². The van der Waals surface area contributed by atoms with Gasteiger partial charge in [-0.05, 0) is 11.6 Å². The van der Waals surface area contributed by atoms with E-state index in [1.165, 1.54) is 0 Å². The summed E-state index contributed by atoms with van der Waals surface area (Å²) in [7, 11) is 1.66. The first-order valence-corrected chi connectivity index (χ1v) is 6.53. The maximum Gasteiger partial charge on any atom is 0.292 e. The van der Waals surface area contributed by atoms with Crippen molar-refractivity contribution < 1.29 is 14.8 Å². The van der Waals surface area contributed by atoms with E-state index in [1.807, 2.05) is 6.07 Å². The van der Waals surface area contributed by atoms with E-state index in [2.05, 4.69) is 10.2 Å². The zero-order valence-electron chi connectivity index (χ0n) is 11.4. The molecule has 1 aromatic rings. The molecule has 0 aliphatic carbocycles. The molecule has 0 radical (unpaired) electrons.